The summed E-state index contributed by atoms with van der Waals surface area (Å²) in [7, 11) is 1.56. The Morgan fingerprint density at radius 2 is 1.85 bits per heavy atom. The number of hydrogen-bond donors (Lipinski definition) is 1. The van der Waals surface area contributed by atoms with Crippen LogP contribution in [-0.2, 0) is 16.1 Å². The number of anilines is 1. The molecule has 2 aromatic carbocycles. The van der Waals surface area contributed by atoms with Gasteiger partial charge in [0.15, 0.2) is 11.3 Å². The van der Waals surface area contributed by atoms with Gasteiger partial charge in [0.1, 0.15) is 11.6 Å². The van der Waals surface area contributed by atoms with Gasteiger partial charge in [-0.25, -0.2) is 0 Å². The van der Waals surface area contributed by atoms with Crippen molar-refractivity contribution in [3.63, 3.8) is 0 Å². The first kappa shape index (κ1) is 21.5. The van der Waals surface area contributed by atoms with Crippen molar-refractivity contribution in [2.45, 2.75) is 36.6 Å². The van der Waals surface area contributed by atoms with Crippen molar-refractivity contribution >= 4 is 29.3 Å². The maximum Gasteiger partial charge on any atom is 0.262 e. The first-order valence-corrected chi connectivity index (χ1v) is 12.0. The largest absolute Gasteiger partial charge is 0.477 e. The van der Waals surface area contributed by atoms with Crippen LogP contribution in [0, 0.1) is 0 Å². The lowest BCUT2D eigenvalue weighted by molar-refractivity contribution is -0.127. The zero-order valence-corrected chi connectivity index (χ0v) is 19.1. The Hall–Kier alpha value is -3.33. The predicted molar refractivity (Wildman–Crippen MR) is 126 cm³/mol. The summed E-state index contributed by atoms with van der Waals surface area (Å²) in [4.78, 5) is 27.1. The third-order valence-electron chi connectivity index (χ3n) is 5.81. The van der Waals surface area contributed by atoms with Gasteiger partial charge in [0.05, 0.1) is 24.5 Å². The molecule has 2 amide bonds. The summed E-state index contributed by atoms with van der Waals surface area (Å²) in [6.45, 7) is 0.843. The van der Waals surface area contributed by atoms with E-state index in [9.17, 15) is 9.59 Å². The van der Waals surface area contributed by atoms with Gasteiger partial charge in [-0.1, -0.05) is 54.2 Å². The van der Waals surface area contributed by atoms with Crippen molar-refractivity contribution in [1.29, 1.82) is 0 Å². The Balaban J connectivity index is 1.34. The van der Waals surface area contributed by atoms with Crippen LogP contribution < -0.4 is 15.0 Å². The number of para-hydroxylation sites is 2. The highest BCUT2D eigenvalue weighted by Crippen LogP contribution is 2.40. The van der Waals surface area contributed by atoms with E-state index < -0.39 is 6.10 Å². The first-order chi connectivity index (χ1) is 16.1. The molecule has 1 aromatic heterocycles. The van der Waals surface area contributed by atoms with E-state index >= 15 is 0 Å². The molecule has 2 heterocycles. The average Bonchev–Trinajstić information content (AvgIpc) is 3.63. The van der Waals surface area contributed by atoms with E-state index in [0.29, 0.717) is 23.9 Å². The minimum absolute atomic E-state index is 0.105. The molecule has 0 saturated heterocycles. The number of aromatic nitrogens is 3. The molecule has 1 aliphatic heterocycles. The van der Waals surface area contributed by atoms with Crippen LogP contribution in [0.2, 0.25) is 0 Å². The minimum atomic E-state index is -0.748. The lowest BCUT2D eigenvalue weighted by Gasteiger charge is -2.34. The maximum absolute atomic E-state index is 13.3. The van der Waals surface area contributed by atoms with E-state index in [1.165, 1.54) is 17.3 Å². The smallest absolute Gasteiger partial charge is 0.262 e. The van der Waals surface area contributed by atoms with E-state index in [4.69, 9.17) is 4.74 Å². The van der Waals surface area contributed by atoms with Gasteiger partial charge in [-0.05, 0) is 30.5 Å². The zero-order chi connectivity index (χ0) is 22.8. The molecule has 1 fully saturated rings. The Bertz CT molecular complexity index is 1160. The second kappa shape index (κ2) is 9.27. The molecule has 5 rings (SSSR count). The SMILES string of the molecule is CNC(=O)[C@H]1CN(C(=O)CSc2nnc(C3CC3)n2Cc2ccccc2)c2ccccc2O1. The van der Waals surface area contributed by atoms with Crippen molar-refractivity contribution in [1.82, 2.24) is 20.1 Å². The van der Waals surface area contributed by atoms with Crippen LogP contribution in [0.15, 0.2) is 59.8 Å². The molecule has 0 unspecified atom stereocenters. The number of nitrogens with one attached hydrogen (secondary N) is 1. The molecule has 9 heteroatoms. The topological polar surface area (TPSA) is 89.4 Å². The lowest BCUT2D eigenvalue weighted by atomic mass is 10.2. The Kier molecular flexibility index (Phi) is 6.04. The summed E-state index contributed by atoms with van der Waals surface area (Å²) in [5.41, 5.74) is 1.84. The second-order valence-electron chi connectivity index (χ2n) is 8.17. The molecule has 170 valence electrons. The number of ether oxygens (including phenoxy) is 1. The standard InChI is InChI=1S/C24H25N5O3S/c1-25-23(31)20-14-28(18-9-5-6-10-19(18)32-20)21(30)15-33-24-27-26-22(17-11-12-17)29(24)13-16-7-3-2-4-8-16/h2-10,17,20H,11-15H2,1H3,(H,25,31)/t20-/m1/s1. The molecule has 1 saturated carbocycles. The van der Waals surface area contributed by atoms with Crippen LogP contribution in [0.4, 0.5) is 5.69 Å². The monoisotopic (exact) mass is 463 g/mol. The molecule has 1 N–H and O–H groups in total. The van der Waals surface area contributed by atoms with Crippen molar-refractivity contribution in [3.8, 4) is 5.75 Å². The van der Waals surface area contributed by atoms with Crippen LogP contribution in [-0.4, -0.2) is 52.0 Å². The molecule has 0 bridgehead atoms. The number of nitrogens with zero attached hydrogens (tertiary/aromatic N) is 4. The van der Waals surface area contributed by atoms with Crippen molar-refractivity contribution in [3.05, 3.63) is 66.0 Å². The van der Waals surface area contributed by atoms with Gasteiger partial charge in [-0.15, -0.1) is 10.2 Å². The predicted octanol–water partition coefficient (Wildman–Crippen LogP) is 2.84. The van der Waals surface area contributed by atoms with Gasteiger partial charge in [-0.3, -0.25) is 9.59 Å². The molecule has 2 aliphatic rings. The van der Waals surface area contributed by atoms with Crippen LogP contribution in [0.5, 0.6) is 5.75 Å². The van der Waals surface area contributed by atoms with E-state index in [1.54, 1.807) is 18.0 Å². The van der Waals surface area contributed by atoms with Gasteiger partial charge in [0.2, 0.25) is 5.91 Å². The molecular weight excluding hydrogens is 438 g/mol. The van der Waals surface area contributed by atoms with Crippen LogP contribution in [0.1, 0.15) is 30.1 Å². The van der Waals surface area contributed by atoms with Gasteiger partial charge < -0.3 is 19.5 Å². The number of rotatable bonds is 7. The number of amides is 2. The van der Waals surface area contributed by atoms with E-state index in [1.807, 2.05) is 36.4 Å². The lowest BCUT2D eigenvalue weighted by Crippen LogP contribution is -2.50. The number of thioether (sulfide) groups is 1. The summed E-state index contributed by atoms with van der Waals surface area (Å²) in [5, 5.41) is 12.2. The van der Waals surface area contributed by atoms with Crippen molar-refractivity contribution < 1.29 is 14.3 Å². The summed E-state index contributed by atoms with van der Waals surface area (Å²) in [6, 6.07) is 17.5. The first-order valence-electron chi connectivity index (χ1n) is 11.0. The van der Waals surface area contributed by atoms with Gasteiger partial charge >= 0.3 is 0 Å². The second-order valence-corrected chi connectivity index (χ2v) is 9.11. The fraction of sp³-hybridized carbons (Fsp3) is 0.333. The number of benzene rings is 2. The highest BCUT2D eigenvalue weighted by molar-refractivity contribution is 7.99. The summed E-state index contributed by atoms with van der Waals surface area (Å²) >= 11 is 1.38. The molecule has 1 aliphatic carbocycles. The molecule has 0 radical (unpaired) electrons. The fourth-order valence-corrected chi connectivity index (χ4v) is 4.76. The average molecular weight is 464 g/mol. The van der Waals surface area contributed by atoms with E-state index in [2.05, 4.69) is 32.2 Å². The number of carbonyl (C=O) groups is 2. The zero-order valence-electron chi connectivity index (χ0n) is 18.3. The molecular formula is C24H25N5O3S. The normalized spacial score (nSPS) is 17.2. The number of fused-ring (bicyclic) bond motifs is 1. The Morgan fingerprint density at radius 1 is 1.09 bits per heavy atom. The number of carbonyl (C=O) groups excluding carboxylic acids is 2. The summed E-state index contributed by atoms with van der Waals surface area (Å²) < 4.78 is 7.94. The molecule has 8 nitrogen and oxygen atoms in total. The quantitative estimate of drug-likeness (QED) is 0.542. The van der Waals surface area contributed by atoms with Crippen LogP contribution in [0.25, 0.3) is 0 Å². The number of hydrogen-bond acceptors (Lipinski definition) is 6. The Labute approximate surface area is 196 Å². The van der Waals surface area contributed by atoms with E-state index in [0.717, 1.165) is 23.8 Å². The van der Waals surface area contributed by atoms with Crippen LogP contribution >= 0.6 is 11.8 Å². The van der Waals surface area contributed by atoms with Gasteiger partial charge in [0, 0.05) is 13.0 Å². The highest BCUT2D eigenvalue weighted by Gasteiger charge is 2.34. The Morgan fingerprint density at radius 3 is 2.61 bits per heavy atom. The molecule has 0 spiro atoms. The molecule has 3 aromatic rings. The minimum Gasteiger partial charge on any atom is -0.477 e. The third-order valence-corrected chi connectivity index (χ3v) is 6.76. The highest BCUT2D eigenvalue weighted by atomic mass is 32.2. The van der Waals surface area contributed by atoms with Crippen LogP contribution in [0.3, 0.4) is 0 Å². The third kappa shape index (κ3) is 4.59. The summed E-state index contributed by atoms with van der Waals surface area (Å²) in [5.74, 6) is 1.79. The van der Waals surface area contributed by atoms with Gasteiger partial charge in [0.25, 0.3) is 5.91 Å². The summed E-state index contributed by atoms with van der Waals surface area (Å²) in [6.07, 6.45) is 1.51. The molecule has 1 atom stereocenters. The van der Waals surface area contributed by atoms with E-state index in [-0.39, 0.29) is 24.1 Å². The fourth-order valence-electron chi connectivity index (χ4n) is 3.94. The van der Waals surface area contributed by atoms with Crippen molar-refractivity contribution in [2.24, 2.45) is 0 Å². The van der Waals surface area contributed by atoms with Crippen molar-refractivity contribution in [2.75, 3.05) is 24.2 Å². The number of likely N-dealkylation sites (N-methyl/N-ethyl adjacent to an activating group) is 1. The van der Waals surface area contributed by atoms with Gasteiger partial charge in [-0.2, -0.15) is 0 Å². The molecule has 33 heavy (non-hydrogen) atoms. The maximum atomic E-state index is 13.3.